The van der Waals surface area contributed by atoms with Crippen molar-refractivity contribution >= 4 is 5.91 Å². The van der Waals surface area contributed by atoms with Crippen molar-refractivity contribution in [2.75, 3.05) is 33.2 Å². The van der Waals surface area contributed by atoms with Crippen molar-refractivity contribution < 1.29 is 9.90 Å². The molecule has 0 saturated carbocycles. The second-order valence-electron chi connectivity index (χ2n) is 7.83. The van der Waals surface area contributed by atoms with Crippen LogP contribution in [0.4, 0.5) is 0 Å². The van der Waals surface area contributed by atoms with Gasteiger partial charge in [0, 0.05) is 44.5 Å². The van der Waals surface area contributed by atoms with Crippen molar-refractivity contribution in [3.8, 4) is 0 Å². The number of hydrogen-bond donors (Lipinski definition) is 1. The number of piperidine rings is 2. The first-order chi connectivity index (χ1) is 11.4. The lowest BCUT2D eigenvalue weighted by Gasteiger charge is -2.48. The first-order valence-electron chi connectivity index (χ1n) is 8.86. The Kier molecular flexibility index (Phi) is 4.88. The summed E-state index contributed by atoms with van der Waals surface area (Å²) in [6, 6.07) is 0. The van der Waals surface area contributed by atoms with Crippen LogP contribution in [0.3, 0.4) is 0 Å². The molecule has 1 N–H and O–H groups in total. The van der Waals surface area contributed by atoms with Crippen molar-refractivity contribution in [2.24, 2.45) is 5.41 Å². The predicted octanol–water partition coefficient (Wildman–Crippen LogP) is 1.52. The first kappa shape index (κ1) is 17.3. The molecule has 0 bridgehead atoms. The van der Waals surface area contributed by atoms with Gasteiger partial charge in [-0.2, -0.15) is 0 Å². The molecule has 1 amide bonds. The number of hydrogen-bond acceptors (Lipinski definition) is 5. The molecule has 2 aliphatic heterocycles. The van der Waals surface area contributed by atoms with Gasteiger partial charge in [0.05, 0.1) is 11.7 Å². The fourth-order valence-corrected chi connectivity index (χ4v) is 4.10. The summed E-state index contributed by atoms with van der Waals surface area (Å²) < 4.78 is 0. The minimum absolute atomic E-state index is 0.0184. The van der Waals surface area contributed by atoms with Crippen LogP contribution in [-0.2, 0) is 0 Å². The fourth-order valence-electron chi connectivity index (χ4n) is 4.10. The van der Waals surface area contributed by atoms with E-state index in [-0.39, 0.29) is 23.3 Å². The maximum absolute atomic E-state index is 12.7. The number of carbonyl (C=O) groups is 1. The van der Waals surface area contributed by atoms with Crippen LogP contribution in [0.15, 0.2) is 12.4 Å². The predicted molar refractivity (Wildman–Crippen MR) is 91.8 cm³/mol. The van der Waals surface area contributed by atoms with E-state index in [2.05, 4.69) is 21.9 Å². The molecule has 1 aromatic rings. The van der Waals surface area contributed by atoms with E-state index in [4.69, 9.17) is 0 Å². The summed E-state index contributed by atoms with van der Waals surface area (Å²) in [5.74, 6) is 1.05. The number of likely N-dealkylation sites (tertiary alicyclic amines) is 2. The Hall–Kier alpha value is -1.53. The molecule has 1 unspecified atom stereocenters. The first-order valence-corrected chi connectivity index (χ1v) is 8.86. The summed E-state index contributed by atoms with van der Waals surface area (Å²) in [7, 11) is 2.06. The highest BCUT2D eigenvalue weighted by Crippen LogP contribution is 2.39. The maximum atomic E-state index is 12.7. The molecule has 1 aromatic heterocycles. The van der Waals surface area contributed by atoms with Crippen molar-refractivity contribution in [1.82, 2.24) is 19.8 Å². The van der Waals surface area contributed by atoms with Gasteiger partial charge in [0.15, 0.2) is 0 Å². The van der Waals surface area contributed by atoms with Crippen molar-refractivity contribution in [2.45, 2.75) is 45.1 Å². The van der Waals surface area contributed by atoms with E-state index in [9.17, 15) is 9.90 Å². The summed E-state index contributed by atoms with van der Waals surface area (Å²) in [5, 5.41) is 10.1. The summed E-state index contributed by atoms with van der Waals surface area (Å²) in [5.41, 5.74) is 0.720. The van der Waals surface area contributed by atoms with E-state index in [1.54, 1.807) is 12.4 Å². The van der Waals surface area contributed by atoms with Gasteiger partial charge in [-0.3, -0.25) is 4.79 Å². The van der Waals surface area contributed by atoms with Gasteiger partial charge in [-0.1, -0.05) is 13.8 Å². The van der Waals surface area contributed by atoms with Gasteiger partial charge < -0.3 is 14.9 Å². The molecule has 1 atom stereocenters. The Morgan fingerprint density at radius 3 is 2.46 bits per heavy atom. The van der Waals surface area contributed by atoms with Crippen LogP contribution in [0, 0.1) is 5.41 Å². The van der Waals surface area contributed by atoms with Gasteiger partial charge in [0.1, 0.15) is 5.82 Å². The smallest absolute Gasteiger partial charge is 0.256 e. The number of aromatic nitrogens is 2. The number of aliphatic hydroxyl groups excluding tert-OH is 1. The molecule has 3 heterocycles. The van der Waals surface area contributed by atoms with Crippen LogP contribution in [-0.4, -0.2) is 70.1 Å². The largest absolute Gasteiger partial charge is 0.392 e. The van der Waals surface area contributed by atoms with E-state index >= 15 is 0 Å². The zero-order chi connectivity index (χ0) is 17.3. The quantitative estimate of drug-likeness (QED) is 0.889. The molecule has 2 saturated heterocycles. The molecule has 1 spiro atoms. The Bertz CT molecular complexity index is 567. The summed E-state index contributed by atoms with van der Waals surface area (Å²) in [4.78, 5) is 25.4. The Morgan fingerprint density at radius 2 is 1.92 bits per heavy atom. The van der Waals surface area contributed by atoms with Gasteiger partial charge in [0.25, 0.3) is 5.91 Å². The zero-order valence-corrected chi connectivity index (χ0v) is 14.9. The van der Waals surface area contributed by atoms with E-state index in [0.717, 1.165) is 51.3 Å². The van der Waals surface area contributed by atoms with Gasteiger partial charge in [-0.05, 0) is 31.7 Å². The lowest BCUT2D eigenvalue weighted by molar-refractivity contribution is -0.0286. The fraction of sp³-hybridized carbons (Fsp3) is 0.722. The molecule has 6 heteroatoms. The second-order valence-corrected chi connectivity index (χ2v) is 7.83. The Morgan fingerprint density at radius 1 is 1.29 bits per heavy atom. The normalized spacial score (nSPS) is 24.5. The van der Waals surface area contributed by atoms with Crippen LogP contribution < -0.4 is 0 Å². The number of aliphatic hydroxyl groups is 1. The van der Waals surface area contributed by atoms with E-state index in [1.807, 2.05) is 18.7 Å². The third-order valence-electron chi connectivity index (χ3n) is 5.34. The monoisotopic (exact) mass is 332 g/mol. The number of nitrogens with zero attached hydrogens (tertiary/aromatic N) is 4. The highest BCUT2D eigenvalue weighted by molar-refractivity contribution is 5.93. The molecule has 2 fully saturated rings. The summed E-state index contributed by atoms with van der Waals surface area (Å²) >= 11 is 0. The van der Waals surface area contributed by atoms with Crippen LogP contribution in [0.25, 0.3) is 0 Å². The third-order valence-corrected chi connectivity index (χ3v) is 5.34. The molecule has 132 valence electrons. The minimum Gasteiger partial charge on any atom is -0.392 e. The van der Waals surface area contributed by atoms with Crippen LogP contribution in [0.1, 0.15) is 55.2 Å². The summed E-state index contributed by atoms with van der Waals surface area (Å²) in [6.07, 6.45) is 5.80. The standard InChI is InChI=1S/C18H28N4O2/c1-13(2)16-19-9-14(10-20-16)17(24)22-6-4-18(5-7-22)8-15(23)11-21(3)12-18/h9-10,13,15,23H,4-8,11-12H2,1-3H3. The van der Waals surface area contributed by atoms with Crippen molar-refractivity contribution in [3.63, 3.8) is 0 Å². The number of likely N-dealkylation sites (N-methyl/N-ethyl adjacent to an activating group) is 1. The van der Waals surface area contributed by atoms with Crippen molar-refractivity contribution in [1.29, 1.82) is 0 Å². The second kappa shape index (κ2) is 6.76. The van der Waals surface area contributed by atoms with E-state index in [1.165, 1.54) is 0 Å². The number of rotatable bonds is 2. The van der Waals surface area contributed by atoms with E-state index in [0.29, 0.717) is 5.56 Å². The Labute approximate surface area is 143 Å². The van der Waals surface area contributed by atoms with Crippen LogP contribution in [0.2, 0.25) is 0 Å². The molecule has 6 nitrogen and oxygen atoms in total. The van der Waals surface area contributed by atoms with Gasteiger partial charge in [-0.15, -0.1) is 0 Å². The van der Waals surface area contributed by atoms with Crippen molar-refractivity contribution in [3.05, 3.63) is 23.8 Å². The average Bonchev–Trinajstić information content (AvgIpc) is 2.54. The molecular formula is C18H28N4O2. The molecule has 0 aliphatic carbocycles. The molecule has 3 rings (SSSR count). The number of amides is 1. The maximum Gasteiger partial charge on any atom is 0.256 e. The molecule has 0 aromatic carbocycles. The van der Waals surface area contributed by atoms with Gasteiger partial charge in [0.2, 0.25) is 0 Å². The Balaban J connectivity index is 1.62. The number of carbonyl (C=O) groups excluding carboxylic acids is 1. The number of β-amino-alcohol motifs (C(OH)–C–C–N with tert-alkyl or cyclic N) is 1. The molecule has 0 radical (unpaired) electrons. The third kappa shape index (κ3) is 3.59. The zero-order valence-electron chi connectivity index (χ0n) is 14.9. The van der Waals surface area contributed by atoms with Crippen LogP contribution in [0.5, 0.6) is 0 Å². The average molecular weight is 332 g/mol. The highest BCUT2D eigenvalue weighted by Gasteiger charge is 2.41. The lowest BCUT2D eigenvalue weighted by atomic mass is 9.71. The van der Waals surface area contributed by atoms with E-state index < -0.39 is 0 Å². The van der Waals surface area contributed by atoms with Gasteiger partial charge >= 0.3 is 0 Å². The molecule has 2 aliphatic rings. The minimum atomic E-state index is -0.247. The molecule has 24 heavy (non-hydrogen) atoms. The molecular weight excluding hydrogens is 304 g/mol. The topological polar surface area (TPSA) is 69.6 Å². The van der Waals surface area contributed by atoms with Crippen LogP contribution >= 0.6 is 0 Å². The lowest BCUT2D eigenvalue weighted by Crippen LogP contribution is -2.53. The SMILES string of the molecule is CC(C)c1ncc(C(=O)N2CCC3(CC2)CC(O)CN(C)C3)cn1. The highest BCUT2D eigenvalue weighted by atomic mass is 16.3. The summed E-state index contributed by atoms with van der Waals surface area (Å²) in [6.45, 7) is 7.33. The van der Waals surface area contributed by atoms with Gasteiger partial charge in [-0.25, -0.2) is 9.97 Å².